The zero-order valence-electron chi connectivity index (χ0n) is 23.5. The average molecular weight is 574 g/mol. The van der Waals surface area contributed by atoms with E-state index in [1.807, 2.05) is 11.6 Å². The van der Waals surface area contributed by atoms with Crippen molar-refractivity contribution in [3.63, 3.8) is 0 Å². The van der Waals surface area contributed by atoms with Crippen molar-refractivity contribution in [3.05, 3.63) is 53.5 Å². The lowest BCUT2D eigenvalue weighted by Crippen LogP contribution is -2.45. The van der Waals surface area contributed by atoms with Crippen LogP contribution in [0.25, 0.3) is 0 Å². The molecule has 222 valence electrons. The molecular formula is C29H38F3N7O2. The molecule has 0 spiro atoms. The summed E-state index contributed by atoms with van der Waals surface area (Å²) in [4.78, 5) is 6.50. The Labute approximate surface area is 238 Å². The second-order valence-electron chi connectivity index (χ2n) is 11.6. The predicted octanol–water partition coefficient (Wildman–Crippen LogP) is 5.26. The maximum atomic E-state index is 13.0. The van der Waals surface area contributed by atoms with Gasteiger partial charge in [0, 0.05) is 50.6 Å². The van der Waals surface area contributed by atoms with Gasteiger partial charge in [0.1, 0.15) is 12.4 Å². The Balaban J connectivity index is 0.995. The van der Waals surface area contributed by atoms with Crippen LogP contribution in [0.15, 0.2) is 30.7 Å². The maximum absolute atomic E-state index is 13.0. The number of rotatable bonds is 7. The van der Waals surface area contributed by atoms with Crippen molar-refractivity contribution in [1.29, 1.82) is 0 Å². The third-order valence-corrected chi connectivity index (χ3v) is 9.20. The lowest BCUT2D eigenvalue weighted by atomic mass is 9.79. The zero-order chi connectivity index (χ0) is 28.4. The topological polar surface area (TPSA) is 83.1 Å². The van der Waals surface area contributed by atoms with E-state index in [1.54, 1.807) is 0 Å². The van der Waals surface area contributed by atoms with E-state index in [1.165, 1.54) is 31.2 Å². The molecule has 1 aliphatic heterocycles. The monoisotopic (exact) mass is 573 g/mol. The number of aromatic nitrogens is 6. The van der Waals surface area contributed by atoms with E-state index in [9.17, 15) is 13.2 Å². The first-order chi connectivity index (χ1) is 19.8. The molecule has 0 N–H and O–H groups in total. The van der Waals surface area contributed by atoms with Gasteiger partial charge in [-0.3, -0.25) is 9.58 Å². The third kappa shape index (κ3) is 6.43. The molecule has 9 nitrogen and oxygen atoms in total. The lowest BCUT2D eigenvalue weighted by molar-refractivity contribution is -0.137. The molecule has 3 aromatic rings. The van der Waals surface area contributed by atoms with Crippen molar-refractivity contribution in [2.24, 2.45) is 7.05 Å². The van der Waals surface area contributed by atoms with Crippen LogP contribution in [0.4, 0.5) is 13.2 Å². The Morgan fingerprint density at radius 2 is 1.66 bits per heavy atom. The second kappa shape index (κ2) is 12.1. The van der Waals surface area contributed by atoms with Crippen molar-refractivity contribution in [3.8, 4) is 5.88 Å². The minimum Gasteiger partial charge on any atom is -0.469 e. The first-order valence-electron chi connectivity index (χ1n) is 14.7. The highest BCUT2D eigenvalue weighted by Gasteiger charge is 2.32. The van der Waals surface area contributed by atoms with Gasteiger partial charge in [0.25, 0.3) is 0 Å². The van der Waals surface area contributed by atoms with Crippen molar-refractivity contribution in [2.75, 3.05) is 26.3 Å². The molecule has 6 rings (SSSR count). The van der Waals surface area contributed by atoms with Gasteiger partial charge in [0.15, 0.2) is 5.82 Å². The van der Waals surface area contributed by atoms with Gasteiger partial charge in [-0.15, -0.1) is 10.2 Å². The average Bonchev–Trinajstić information content (AvgIpc) is 3.64. The number of morpholine rings is 1. The molecule has 1 saturated heterocycles. The predicted molar refractivity (Wildman–Crippen MR) is 144 cm³/mol. The minimum absolute atomic E-state index is 0.000695. The Hall–Kier alpha value is -2.99. The van der Waals surface area contributed by atoms with Crippen molar-refractivity contribution in [2.45, 2.75) is 88.1 Å². The summed E-state index contributed by atoms with van der Waals surface area (Å²) in [6, 6.07) is 3.00. The van der Waals surface area contributed by atoms with Crippen LogP contribution in [0.1, 0.15) is 92.0 Å². The van der Waals surface area contributed by atoms with Gasteiger partial charge in [0.2, 0.25) is 5.88 Å². The van der Waals surface area contributed by atoms with Crippen LogP contribution < -0.4 is 4.74 Å². The van der Waals surface area contributed by atoms with Crippen molar-refractivity contribution < 1.29 is 22.6 Å². The summed E-state index contributed by atoms with van der Waals surface area (Å²) in [7, 11) is 1.89. The fourth-order valence-corrected chi connectivity index (χ4v) is 6.74. The molecule has 3 fully saturated rings. The van der Waals surface area contributed by atoms with E-state index in [2.05, 4.69) is 37.2 Å². The molecule has 2 aliphatic carbocycles. The summed E-state index contributed by atoms with van der Waals surface area (Å²) in [6.45, 7) is 3.84. The van der Waals surface area contributed by atoms with Crippen LogP contribution in [0.5, 0.6) is 5.88 Å². The zero-order valence-corrected chi connectivity index (χ0v) is 23.5. The van der Waals surface area contributed by atoms with E-state index in [4.69, 9.17) is 14.6 Å². The summed E-state index contributed by atoms with van der Waals surface area (Å²) >= 11 is 0. The van der Waals surface area contributed by atoms with Crippen LogP contribution in [-0.2, 0) is 24.6 Å². The molecule has 0 aromatic carbocycles. The van der Waals surface area contributed by atoms with Crippen LogP contribution in [0.3, 0.4) is 0 Å². The third-order valence-electron chi connectivity index (χ3n) is 9.20. The Kier molecular flexibility index (Phi) is 8.30. The first kappa shape index (κ1) is 28.1. The first-order valence-corrected chi connectivity index (χ1v) is 14.7. The van der Waals surface area contributed by atoms with E-state index in [0.29, 0.717) is 23.8 Å². The number of nitrogens with zero attached hydrogens (tertiary/aromatic N) is 7. The molecule has 0 unspecified atom stereocenters. The number of halogens is 3. The highest BCUT2D eigenvalue weighted by Crippen LogP contribution is 2.41. The molecule has 41 heavy (non-hydrogen) atoms. The molecule has 0 radical (unpaired) electrons. The largest absolute Gasteiger partial charge is 0.469 e. The van der Waals surface area contributed by atoms with Crippen LogP contribution in [0.2, 0.25) is 0 Å². The van der Waals surface area contributed by atoms with Crippen LogP contribution >= 0.6 is 0 Å². The summed E-state index contributed by atoms with van der Waals surface area (Å²) in [6.07, 6.45) is 9.95. The standard InChI is InChI=1S/C29H38F3N7O2/c1-37-26(19-41-27-16-23(10-11-33-27)29(30,31)32)35-36-28(37)21-4-2-20(3-5-21)22-17-34-39(18-22)25-8-6-24(7-9-25)38-12-14-40-15-13-38/h10-11,16-18,20-21,24-25H,2-9,12-15,19H2,1H3/t20-,21-,24-,25-. The van der Waals surface area contributed by atoms with Gasteiger partial charge in [-0.2, -0.15) is 18.3 Å². The van der Waals surface area contributed by atoms with Crippen LogP contribution in [-0.4, -0.2) is 66.8 Å². The minimum atomic E-state index is -4.45. The Morgan fingerprint density at radius 3 is 2.39 bits per heavy atom. The van der Waals surface area contributed by atoms with Gasteiger partial charge < -0.3 is 14.0 Å². The smallest absolute Gasteiger partial charge is 0.416 e. The molecule has 0 atom stereocenters. The SMILES string of the molecule is Cn1c(COc2cc(C(F)(F)F)ccn2)nnc1[C@H]1CC[C@H](c2cnn([C@H]3CC[C@H](N4CCOCC4)CC3)c2)CC1. The van der Waals surface area contributed by atoms with Crippen LogP contribution in [0, 0.1) is 0 Å². The number of pyridine rings is 1. The fourth-order valence-electron chi connectivity index (χ4n) is 6.74. The second-order valence-corrected chi connectivity index (χ2v) is 11.6. The van der Waals surface area contributed by atoms with Crippen molar-refractivity contribution in [1.82, 2.24) is 34.4 Å². The molecule has 4 heterocycles. The fraction of sp³-hybridized carbons (Fsp3) is 0.655. The maximum Gasteiger partial charge on any atom is 0.416 e. The Morgan fingerprint density at radius 1 is 0.951 bits per heavy atom. The molecule has 2 saturated carbocycles. The van der Waals surface area contributed by atoms with E-state index >= 15 is 0 Å². The summed E-state index contributed by atoms with van der Waals surface area (Å²) in [5, 5.41) is 13.5. The summed E-state index contributed by atoms with van der Waals surface area (Å²) in [5.41, 5.74) is 0.541. The number of alkyl halides is 3. The normalized spacial score (nSPS) is 26.2. The Bertz CT molecular complexity index is 1290. The molecule has 0 bridgehead atoms. The highest BCUT2D eigenvalue weighted by atomic mass is 19.4. The van der Waals surface area contributed by atoms with Gasteiger partial charge in [-0.25, -0.2) is 4.98 Å². The van der Waals surface area contributed by atoms with Gasteiger partial charge >= 0.3 is 6.18 Å². The van der Waals surface area contributed by atoms with Gasteiger partial charge in [-0.05, 0) is 68.9 Å². The van der Waals surface area contributed by atoms with Gasteiger partial charge in [0.05, 0.1) is 31.0 Å². The molecule has 12 heteroatoms. The quantitative estimate of drug-likeness (QED) is 0.381. The molecule has 3 aliphatic rings. The number of ether oxygens (including phenoxy) is 2. The van der Waals surface area contributed by atoms with Crippen molar-refractivity contribution >= 4 is 0 Å². The lowest BCUT2D eigenvalue weighted by Gasteiger charge is -2.38. The summed E-state index contributed by atoms with van der Waals surface area (Å²) in [5.74, 6) is 2.15. The highest BCUT2D eigenvalue weighted by molar-refractivity contribution is 5.23. The molecule has 3 aromatic heterocycles. The van der Waals surface area contributed by atoms with E-state index in [-0.39, 0.29) is 18.4 Å². The summed E-state index contributed by atoms with van der Waals surface area (Å²) < 4.78 is 54.1. The number of hydrogen-bond donors (Lipinski definition) is 0. The van der Waals surface area contributed by atoms with Gasteiger partial charge in [-0.1, -0.05) is 0 Å². The molecule has 0 amide bonds. The van der Waals surface area contributed by atoms with E-state index in [0.717, 1.165) is 76.1 Å². The molecular weight excluding hydrogens is 535 g/mol. The number of hydrogen-bond acceptors (Lipinski definition) is 7. The van der Waals surface area contributed by atoms with E-state index < -0.39 is 11.7 Å².